The van der Waals surface area contributed by atoms with E-state index in [1.165, 1.54) is 12.8 Å². The molecule has 0 aromatic carbocycles. The average molecular weight is 259 g/mol. The molecule has 1 N–H and O–H groups in total. The highest BCUT2D eigenvalue weighted by Gasteiger charge is 2.48. The maximum Gasteiger partial charge on any atom is 0.150 e. The van der Waals surface area contributed by atoms with Crippen molar-refractivity contribution in [2.24, 2.45) is 17.3 Å². The van der Waals surface area contributed by atoms with Gasteiger partial charge in [-0.05, 0) is 31.1 Å². The molecule has 98 valence electrons. The second kappa shape index (κ2) is 4.21. The minimum atomic E-state index is -2.77. The van der Waals surface area contributed by atoms with Crippen LogP contribution in [0.4, 0.5) is 0 Å². The molecule has 0 aromatic heterocycles. The van der Waals surface area contributed by atoms with E-state index in [0.29, 0.717) is 17.4 Å². The first-order valence-electron chi connectivity index (χ1n) is 6.59. The lowest BCUT2D eigenvalue weighted by atomic mass is 9.71. The van der Waals surface area contributed by atoms with Crippen molar-refractivity contribution >= 4 is 9.84 Å². The van der Waals surface area contributed by atoms with Crippen LogP contribution in [0.1, 0.15) is 19.3 Å². The number of sulfone groups is 1. The molecule has 5 heteroatoms. The van der Waals surface area contributed by atoms with E-state index in [0.717, 1.165) is 38.6 Å². The first kappa shape index (κ1) is 11.9. The molecule has 0 spiro atoms. The molecular weight excluding hydrogens is 238 g/mol. The summed E-state index contributed by atoms with van der Waals surface area (Å²) in [5.41, 5.74) is 0.110. The molecule has 0 bridgehead atoms. The van der Waals surface area contributed by atoms with Crippen molar-refractivity contribution < 1.29 is 13.2 Å². The topological polar surface area (TPSA) is 55.4 Å². The summed E-state index contributed by atoms with van der Waals surface area (Å²) in [6.07, 6.45) is 3.45. The molecule has 3 rings (SSSR count). The Morgan fingerprint density at radius 1 is 1.24 bits per heavy atom. The summed E-state index contributed by atoms with van der Waals surface area (Å²) < 4.78 is 28.9. The minimum absolute atomic E-state index is 0.110. The number of ether oxygens (including phenoxy) is 1. The van der Waals surface area contributed by atoms with Gasteiger partial charge in [0.2, 0.25) is 0 Å². The highest BCUT2D eigenvalue weighted by Crippen LogP contribution is 2.40. The van der Waals surface area contributed by atoms with E-state index in [4.69, 9.17) is 4.74 Å². The lowest BCUT2D eigenvalue weighted by Crippen LogP contribution is -2.60. The van der Waals surface area contributed by atoms with Crippen LogP contribution in [0.2, 0.25) is 0 Å². The Kier molecular flexibility index (Phi) is 2.96. The molecule has 0 radical (unpaired) electrons. The summed E-state index contributed by atoms with van der Waals surface area (Å²) in [6, 6.07) is 0. The molecule has 3 aliphatic rings. The molecule has 1 saturated carbocycles. The fourth-order valence-electron chi connectivity index (χ4n) is 2.95. The summed E-state index contributed by atoms with van der Waals surface area (Å²) >= 11 is 0. The van der Waals surface area contributed by atoms with E-state index in [2.05, 4.69) is 5.32 Å². The van der Waals surface area contributed by atoms with Crippen LogP contribution in [-0.4, -0.2) is 46.2 Å². The van der Waals surface area contributed by atoms with Crippen molar-refractivity contribution in [2.45, 2.75) is 19.3 Å². The van der Waals surface area contributed by atoms with Gasteiger partial charge in [0, 0.05) is 25.1 Å². The van der Waals surface area contributed by atoms with E-state index in [1.807, 2.05) is 0 Å². The second-order valence-electron chi connectivity index (χ2n) is 6.02. The second-order valence-corrected chi connectivity index (χ2v) is 8.25. The molecule has 1 aliphatic carbocycles. The zero-order chi connectivity index (χ0) is 11.9. The Morgan fingerprint density at radius 3 is 2.47 bits per heavy atom. The monoisotopic (exact) mass is 259 g/mol. The maximum atomic E-state index is 11.6. The van der Waals surface area contributed by atoms with E-state index in [9.17, 15) is 8.42 Å². The van der Waals surface area contributed by atoms with E-state index in [-0.39, 0.29) is 5.41 Å². The lowest BCUT2D eigenvalue weighted by Gasteiger charge is -2.46. The Bertz CT molecular complexity index is 385. The molecule has 2 saturated heterocycles. The van der Waals surface area contributed by atoms with E-state index in [1.54, 1.807) is 0 Å². The van der Waals surface area contributed by atoms with Crippen LogP contribution in [-0.2, 0) is 14.6 Å². The largest absolute Gasteiger partial charge is 0.380 e. The maximum absolute atomic E-state index is 11.6. The summed E-state index contributed by atoms with van der Waals surface area (Å²) in [4.78, 5) is 0. The Balaban J connectivity index is 1.57. The molecule has 0 amide bonds. The van der Waals surface area contributed by atoms with Crippen LogP contribution in [0.3, 0.4) is 0 Å². The third-order valence-corrected chi connectivity index (χ3v) is 6.26. The summed E-state index contributed by atoms with van der Waals surface area (Å²) in [6.45, 7) is 3.48. The quantitative estimate of drug-likeness (QED) is 0.778. The van der Waals surface area contributed by atoms with E-state index < -0.39 is 9.84 Å². The fraction of sp³-hybridized carbons (Fsp3) is 1.00. The first-order chi connectivity index (χ1) is 8.10. The van der Waals surface area contributed by atoms with Gasteiger partial charge in [-0.2, -0.15) is 0 Å². The number of rotatable bonds is 5. The molecule has 1 unspecified atom stereocenters. The van der Waals surface area contributed by atoms with Crippen LogP contribution < -0.4 is 5.32 Å². The number of hydrogen-bond donors (Lipinski definition) is 1. The van der Waals surface area contributed by atoms with Gasteiger partial charge in [-0.1, -0.05) is 0 Å². The first-order valence-corrected chi connectivity index (χ1v) is 8.41. The summed E-state index contributed by atoms with van der Waals surface area (Å²) in [5, 5.41) is 3.29. The third-order valence-electron chi connectivity index (χ3n) is 4.49. The Hall–Kier alpha value is -0.130. The number of nitrogens with one attached hydrogen (secondary N) is 1. The van der Waals surface area contributed by atoms with Crippen LogP contribution in [0.5, 0.6) is 0 Å². The molecule has 4 nitrogen and oxygen atoms in total. The SMILES string of the molecule is O=S1(=O)CCC(C2(COCC3CC3)CNC2)C1. The van der Waals surface area contributed by atoms with Crippen molar-refractivity contribution in [3.63, 3.8) is 0 Å². The predicted octanol–water partition coefficient (Wildman–Crippen LogP) is 0.437. The van der Waals surface area contributed by atoms with Gasteiger partial charge in [0.05, 0.1) is 18.1 Å². The number of hydrogen-bond acceptors (Lipinski definition) is 4. The molecule has 0 aromatic rings. The van der Waals surface area contributed by atoms with Crippen LogP contribution in [0, 0.1) is 17.3 Å². The minimum Gasteiger partial charge on any atom is -0.380 e. The van der Waals surface area contributed by atoms with E-state index >= 15 is 0 Å². The summed E-state index contributed by atoms with van der Waals surface area (Å²) in [7, 11) is -2.77. The molecule has 2 aliphatic heterocycles. The third kappa shape index (κ3) is 2.51. The lowest BCUT2D eigenvalue weighted by molar-refractivity contribution is -0.0261. The molecule has 1 atom stereocenters. The van der Waals surface area contributed by atoms with Crippen molar-refractivity contribution in [3.05, 3.63) is 0 Å². The van der Waals surface area contributed by atoms with Crippen LogP contribution in [0.25, 0.3) is 0 Å². The van der Waals surface area contributed by atoms with Gasteiger partial charge < -0.3 is 10.1 Å². The highest BCUT2D eigenvalue weighted by molar-refractivity contribution is 7.91. The zero-order valence-electron chi connectivity index (χ0n) is 10.2. The Labute approximate surface area is 103 Å². The summed E-state index contributed by atoms with van der Waals surface area (Å²) in [5.74, 6) is 1.85. The van der Waals surface area contributed by atoms with Crippen molar-refractivity contribution in [1.82, 2.24) is 5.32 Å². The Morgan fingerprint density at radius 2 is 2.00 bits per heavy atom. The zero-order valence-corrected chi connectivity index (χ0v) is 11.0. The molecular formula is C12H21NO3S. The average Bonchev–Trinajstić information content (AvgIpc) is 2.95. The fourth-order valence-corrected chi connectivity index (χ4v) is 4.89. The van der Waals surface area contributed by atoms with Crippen molar-refractivity contribution in [2.75, 3.05) is 37.8 Å². The van der Waals surface area contributed by atoms with Gasteiger partial charge in [0.15, 0.2) is 9.84 Å². The smallest absolute Gasteiger partial charge is 0.150 e. The highest BCUT2D eigenvalue weighted by atomic mass is 32.2. The van der Waals surface area contributed by atoms with Crippen molar-refractivity contribution in [3.8, 4) is 0 Å². The molecule has 17 heavy (non-hydrogen) atoms. The molecule has 2 heterocycles. The van der Waals surface area contributed by atoms with Gasteiger partial charge in [0.1, 0.15) is 0 Å². The standard InChI is InChI=1S/C12H21NO3S/c14-17(15)4-3-11(6-17)12(7-13-8-12)9-16-5-10-1-2-10/h10-11,13H,1-9H2. The predicted molar refractivity (Wildman–Crippen MR) is 65.6 cm³/mol. The normalized spacial score (nSPS) is 34.5. The van der Waals surface area contributed by atoms with Crippen LogP contribution in [0.15, 0.2) is 0 Å². The van der Waals surface area contributed by atoms with Crippen LogP contribution >= 0.6 is 0 Å². The van der Waals surface area contributed by atoms with Gasteiger partial charge in [-0.15, -0.1) is 0 Å². The molecule has 3 fully saturated rings. The van der Waals surface area contributed by atoms with Crippen molar-refractivity contribution in [1.29, 1.82) is 0 Å². The van der Waals surface area contributed by atoms with Gasteiger partial charge >= 0.3 is 0 Å². The van der Waals surface area contributed by atoms with Gasteiger partial charge in [0.25, 0.3) is 0 Å². The van der Waals surface area contributed by atoms with Gasteiger partial charge in [-0.25, -0.2) is 8.42 Å². The van der Waals surface area contributed by atoms with Gasteiger partial charge in [-0.3, -0.25) is 0 Å².